The highest BCUT2D eigenvalue weighted by atomic mass is 79.9. The smallest absolute Gasteiger partial charge is 0.408 e. The van der Waals surface area contributed by atoms with Crippen LogP contribution < -0.4 is 10.6 Å². The molecule has 3 aliphatic rings. The molecule has 3 amide bonds. The van der Waals surface area contributed by atoms with Crippen molar-refractivity contribution in [1.29, 1.82) is 0 Å². The maximum atomic E-state index is 14.1. The van der Waals surface area contributed by atoms with Crippen LogP contribution in [0.2, 0.25) is 0 Å². The van der Waals surface area contributed by atoms with E-state index in [1.54, 1.807) is 20.8 Å². The zero-order valence-corrected chi connectivity index (χ0v) is 26.7. The van der Waals surface area contributed by atoms with Gasteiger partial charge in [-0.2, -0.15) is 4.80 Å². The van der Waals surface area contributed by atoms with Gasteiger partial charge in [-0.3, -0.25) is 9.59 Å². The molecule has 4 heterocycles. The number of hydrogen-bond donors (Lipinski definition) is 3. The van der Waals surface area contributed by atoms with E-state index in [2.05, 4.69) is 42.0 Å². The molecule has 2 aromatic rings. The lowest BCUT2D eigenvalue weighted by molar-refractivity contribution is -0.145. The normalized spacial score (nSPS) is 29.0. The molecule has 5 rings (SSSR count). The van der Waals surface area contributed by atoms with E-state index in [0.29, 0.717) is 18.7 Å². The van der Waals surface area contributed by atoms with Crippen LogP contribution >= 0.6 is 27.3 Å². The lowest BCUT2D eigenvalue weighted by Crippen LogP contribution is -2.56. The van der Waals surface area contributed by atoms with Crippen LogP contribution in [0.5, 0.6) is 0 Å². The van der Waals surface area contributed by atoms with Gasteiger partial charge in [0.25, 0.3) is 0 Å². The molecule has 0 aromatic carbocycles. The molecule has 2 fully saturated rings. The molecule has 0 bridgehead atoms. The van der Waals surface area contributed by atoms with Crippen molar-refractivity contribution in [2.75, 3.05) is 6.54 Å². The zero-order chi connectivity index (χ0) is 30.9. The van der Waals surface area contributed by atoms with Crippen LogP contribution in [-0.2, 0) is 19.1 Å². The molecule has 1 saturated carbocycles. The number of carbonyl (C=O) groups is 4. The summed E-state index contributed by atoms with van der Waals surface area (Å²) in [6.07, 6.45) is 6.97. The van der Waals surface area contributed by atoms with Crippen molar-refractivity contribution in [1.82, 2.24) is 35.7 Å². The fraction of sp³-hybridized carbons (Fsp3) is 0.607. The number of halogens is 1. The Labute approximate surface area is 261 Å². The quantitative estimate of drug-likeness (QED) is 0.409. The van der Waals surface area contributed by atoms with Gasteiger partial charge in [0.15, 0.2) is 0 Å². The van der Waals surface area contributed by atoms with Crippen molar-refractivity contribution in [2.24, 2.45) is 5.92 Å². The number of fused-ring (bicyclic) bond motifs is 2. The van der Waals surface area contributed by atoms with Crippen molar-refractivity contribution in [3.8, 4) is 10.7 Å². The first-order chi connectivity index (χ1) is 20.4. The maximum Gasteiger partial charge on any atom is 0.408 e. The number of allylic oxidation sites excluding steroid dienone is 1. The number of ether oxygens (including phenoxy) is 1. The molecule has 15 heteroatoms. The fourth-order valence-corrected chi connectivity index (χ4v) is 6.92. The monoisotopic (exact) mass is 677 g/mol. The number of amides is 3. The molecule has 43 heavy (non-hydrogen) atoms. The lowest BCUT2D eigenvalue weighted by atomic mass is 10.0. The number of hydrogen-bond acceptors (Lipinski definition) is 9. The Kier molecular flexibility index (Phi) is 8.93. The number of tetrazole rings is 1. The third-order valence-electron chi connectivity index (χ3n) is 7.88. The molecule has 3 N–H and O–H groups in total. The van der Waals surface area contributed by atoms with Gasteiger partial charge in [0, 0.05) is 18.9 Å². The molecule has 1 aliphatic carbocycles. The highest BCUT2D eigenvalue weighted by Crippen LogP contribution is 2.45. The Bertz CT molecular complexity index is 1420. The van der Waals surface area contributed by atoms with E-state index in [1.165, 1.54) is 21.0 Å². The number of nitrogens with zero attached hydrogens (tertiary/aromatic N) is 5. The van der Waals surface area contributed by atoms with E-state index in [-0.39, 0.29) is 25.3 Å². The number of carboxylic acids is 1. The van der Waals surface area contributed by atoms with Crippen molar-refractivity contribution in [3.63, 3.8) is 0 Å². The summed E-state index contributed by atoms with van der Waals surface area (Å²) in [5, 5.41) is 28.4. The van der Waals surface area contributed by atoms with Crippen molar-refractivity contribution < 1.29 is 29.0 Å². The minimum atomic E-state index is -1.42. The van der Waals surface area contributed by atoms with Gasteiger partial charge in [-0.15, -0.1) is 21.5 Å². The molecule has 2 aromatic heterocycles. The average molecular weight is 679 g/mol. The van der Waals surface area contributed by atoms with Crippen molar-refractivity contribution in [2.45, 2.75) is 95.0 Å². The predicted molar refractivity (Wildman–Crippen MR) is 160 cm³/mol. The minimum absolute atomic E-state index is 0.0801. The van der Waals surface area contributed by atoms with Gasteiger partial charge in [0.05, 0.1) is 14.7 Å². The highest BCUT2D eigenvalue weighted by Gasteiger charge is 2.61. The number of alkyl carbamates (subject to hydrolysis) is 1. The lowest BCUT2D eigenvalue weighted by Gasteiger charge is -2.30. The van der Waals surface area contributed by atoms with E-state index in [0.717, 1.165) is 27.9 Å². The molecule has 2 aliphatic heterocycles. The third-order valence-corrected chi connectivity index (χ3v) is 9.50. The molecular formula is C28H36BrN7O6S. The summed E-state index contributed by atoms with van der Waals surface area (Å²) >= 11 is 4.88. The van der Waals surface area contributed by atoms with Gasteiger partial charge in [-0.25, -0.2) is 9.59 Å². The summed E-state index contributed by atoms with van der Waals surface area (Å²) in [5.41, 5.74) is -2.18. The van der Waals surface area contributed by atoms with Crippen LogP contribution in [0, 0.1) is 5.92 Å². The summed E-state index contributed by atoms with van der Waals surface area (Å²) in [7, 11) is 0. The summed E-state index contributed by atoms with van der Waals surface area (Å²) in [6.45, 7) is 5.29. The number of aliphatic carboxylic acids is 1. The number of carboxylic acid groups (broad SMARTS) is 1. The fourth-order valence-electron chi connectivity index (χ4n) is 5.61. The van der Waals surface area contributed by atoms with Gasteiger partial charge in [0.2, 0.25) is 17.6 Å². The highest BCUT2D eigenvalue weighted by molar-refractivity contribution is 9.11. The first-order valence-electron chi connectivity index (χ1n) is 14.4. The van der Waals surface area contributed by atoms with E-state index < -0.39 is 53.1 Å². The zero-order valence-electron chi connectivity index (χ0n) is 24.3. The Morgan fingerprint density at radius 3 is 2.72 bits per heavy atom. The Hall–Kier alpha value is -3.33. The minimum Gasteiger partial charge on any atom is -0.479 e. The Morgan fingerprint density at radius 1 is 1.23 bits per heavy atom. The standard InChI is InChI=1S/C28H36BrN7O6S/c1-27(2,3)42-26(41)30-18-10-8-6-4-5-7-9-16-14-28(16,25(39)40)31-23(37)19-13-17(15-35(19)24(18)38)36-33-22(32-34-36)20-11-12-21(29)43-20/h7,9,11-12,16-19H,4-6,8,10,13-15H2,1-3H3,(H,30,41)(H,31,37)(H,39,40)/b9-7-/t16?,17-,18?,19?,28?/m1/s1. The second kappa shape index (κ2) is 12.3. The van der Waals surface area contributed by atoms with Gasteiger partial charge >= 0.3 is 12.1 Å². The molecule has 0 radical (unpaired) electrons. The summed E-state index contributed by atoms with van der Waals surface area (Å²) < 4.78 is 6.35. The SMILES string of the molecule is CC(C)(C)OC(=O)NC1CCCCC/C=C\C2CC2(C(=O)O)NC(=O)C2C[C@@H](n3nnc(-c4ccc(Br)s4)n3)CN2C1=O. The second-order valence-electron chi connectivity index (χ2n) is 12.3. The van der Waals surface area contributed by atoms with Crippen LogP contribution in [0.4, 0.5) is 4.79 Å². The molecule has 4 unspecified atom stereocenters. The maximum absolute atomic E-state index is 14.1. The molecule has 0 spiro atoms. The number of rotatable bonds is 4. The largest absolute Gasteiger partial charge is 0.479 e. The number of thiophene rings is 1. The molecule has 232 valence electrons. The Balaban J connectivity index is 1.44. The summed E-state index contributed by atoms with van der Waals surface area (Å²) in [5.74, 6) is -2.03. The number of aromatic nitrogens is 4. The second-order valence-corrected chi connectivity index (χ2v) is 14.7. The molecule has 5 atom stereocenters. The first kappa shape index (κ1) is 31.1. The van der Waals surface area contributed by atoms with E-state index in [9.17, 15) is 24.3 Å². The predicted octanol–water partition coefficient (Wildman–Crippen LogP) is 3.68. The van der Waals surface area contributed by atoms with E-state index in [1.807, 2.05) is 24.3 Å². The third kappa shape index (κ3) is 7.08. The van der Waals surface area contributed by atoms with Gasteiger partial charge in [0.1, 0.15) is 23.2 Å². The molecule has 13 nitrogen and oxygen atoms in total. The van der Waals surface area contributed by atoms with Crippen LogP contribution in [0.3, 0.4) is 0 Å². The number of nitrogens with one attached hydrogen (secondary N) is 2. The summed E-state index contributed by atoms with van der Waals surface area (Å²) in [4.78, 5) is 56.5. The van der Waals surface area contributed by atoms with Crippen LogP contribution in [0.15, 0.2) is 28.1 Å². The van der Waals surface area contributed by atoms with Crippen LogP contribution in [0.1, 0.15) is 71.8 Å². The van der Waals surface area contributed by atoms with E-state index in [4.69, 9.17) is 4.74 Å². The average Bonchev–Trinajstić information content (AvgIpc) is 3.35. The Morgan fingerprint density at radius 2 is 2.02 bits per heavy atom. The van der Waals surface area contributed by atoms with Gasteiger partial charge in [-0.1, -0.05) is 25.0 Å². The summed E-state index contributed by atoms with van der Waals surface area (Å²) in [6, 6.07) is 1.31. The van der Waals surface area contributed by atoms with Crippen LogP contribution in [-0.4, -0.2) is 83.9 Å². The van der Waals surface area contributed by atoms with Gasteiger partial charge < -0.3 is 25.4 Å². The van der Waals surface area contributed by atoms with Gasteiger partial charge in [-0.05, 0) is 79.7 Å². The topological polar surface area (TPSA) is 169 Å². The molecular weight excluding hydrogens is 642 g/mol. The molecule has 1 saturated heterocycles. The first-order valence-corrected chi connectivity index (χ1v) is 16.0. The van der Waals surface area contributed by atoms with Crippen LogP contribution in [0.25, 0.3) is 10.7 Å². The van der Waals surface area contributed by atoms with Crippen molar-refractivity contribution >= 4 is 51.1 Å². The van der Waals surface area contributed by atoms with E-state index >= 15 is 0 Å². The van der Waals surface area contributed by atoms with Crippen molar-refractivity contribution in [3.05, 3.63) is 28.1 Å². The number of carbonyl (C=O) groups excluding carboxylic acids is 3.